The number of thioether (sulfide) groups is 1. The molecule has 0 unspecified atom stereocenters. The van der Waals surface area contributed by atoms with Gasteiger partial charge in [-0.2, -0.15) is 0 Å². The summed E-state index contributed by atoms with van der Waals surface area (Å²) in [5.41, 5.74) is 2.60. The number of methoxy groups -OCH3 is 1. The molecule has 2 N–H and O–H groups in total. The number of halogens is 1. The van der Waals surface area contributed by atoms with E-state index in [1.54, 1.807) is 14.0 Å². The average Bonchev–Trinajstić information content (AvgIpc) is 2.74. The molecule has 0 saturated heterocycles. The Morgan fingerprint density at radius 3 is 2.63 bits per heavy atom. The van der Waals surface area contributed by atoms with Gasteiger partial charge in [-0.1, -0.05) is 47.6 Å². The van der Waals surface area contributed by atoms with Crippen LogP contribution in [-0.2, 0) is 23.5 Å². The zero-order valence-corrected chi connectivity index (χ0v) is 18.3. The minimum absolute atomic E-state index is 0.0242. The molecule has 0 saturated carbocycles. The van der Waals surface area contributed by atoms with E-state index in [0.717, 1.165) is 16.9 Å². The highest BCUT2D eigenvalue weighted by atomic mass is 35.5. The van der Waals surface area contributed by atoms with Crippen molar-refractivity contribution in [3.8, 4) is 5.75 Å². The van der Waals surface area contributed by atoms with Crippen molar-refractivity contribution in [2.24, 2.45) is 0 Å². The molecule has 0 radical (unpaired) electrons. The van der Waals surface area contributed by atoms with Crippen LogP contribution >= 0.6 is 23.4 Å². The van der Waals surface area contributed by atoms with E-state index in [4.69, 9.17) is 16.3 Å². The minimum atomic E-state index is -0.296. The van der Waals surface area contributed by atoms with Gasteiger partial charge in [-0.15, -0.1) is 0 Å². The van der Waals surface area contributed by atoms with Crippen molar-refractivity contribution < 1.29 is 9.53 Å². The third kappa shape index (κ3) is 6.11. The van der Waals surface area contributed by atoms with Crippen LogP contribution in [0.3, 0.4) is 0 Å². The van der Waals surface area contributed by atoms with E-state index < -0.39 is 0 Å². The summed E-state index contributed by atoms with van der Waals surface area (Å²) in [4.78, 5) is 32.0. The van der Waals surface area contributed by atoms with Crippen LogP contribution in [0.1, 0.15) is 22.4 Å². The number of carbonyl (C=O) groups is 1. The summed E-state index contributed by atoms with van der Waals surface area (Å²) in [7, 11) is 1.60. The smallest absolute Gasteiger partial charge is 0.255 e. The van der Waals surface area contributed by atoms with Crippen LogP contribution in [0.5, 0.6) is 5.75 Å². The second-order valence-electron chi connectivity index (χ2n) is 6.66. The maximum absolute atomic E-state index is 12.5. The van der Waals surface area contributed by atoms with Crippen LogP contribution in [0.2, 0.25) is 5.02 Å². The molecule has 1 heterocycles. The number of carbonyl (C=O) groups excluding carboxylic acids is 1. The monoisotopic (exact) mass is 443 g/mol. The van der Waals surface area contributed by atoms with Gasteiger partial charge in [0, 0.05) is 28.6 Å². The molecule has 156 valence electrons. The van der Waals surface area contributed by atoms with Crippen LogP contribution in [0, 0.1) is 6.92 Å². The summed E-state index contributed by atoms with van der Waals surface area (Å²) in [6, 6.07) is 15.0. The Balaban J connectivity index is 1.58. The highest BCUT2D eigenvalue weighted by Gasteiger charge is 2.13. The summed E-state index contributed by atoms with van der Waals surface area (Å²) in [5.74, 6) is 1.15. The molecule has 3 rings (SSSR count). The maximum Gasteiger partial charge on any atom is 0.255 e. The molecule has 0 aliphatic carbocycles. The molecule has 2 aromatic carbocycles. The van der Waals surface area contributed by atoms with E-state index in [9.17, 15) is 9.59 Å². The SMILES string of the molecule is COc1ccc(CNC(=O)Cc2c(C)nc(SCc3cccc(Cl)c3)[nH]c2=O)cc1. The Bertz CT molecular complexity index is 1080. The fourth-order valence-electron chi connectivity index (χ4n) is 2.81. The predicted molar refractivity (Wildman–Crippen MR) is 119 cm³/mol. The lowest BCUT2D eigenvalue weighted by molar-refractivity contribution is -0.120. The first-order valence-corrected chi connectivity index (χ1v) is 10.7. The standard InChI is InChI=1S/C22H22ClN3O3S/c1-14-19(11-20(27)24-12-15-6-8-18(29-2)9-7-15)21(28)26-22(25-14)30-13-16-4-3-5-17(23)10-16/h3-10H,11-13H2,1-2H3,(H,24,27)(H,25,26,28). The predicted octanol–water partition coefficient (Wildman–Crippen LogP) is 3.89. The third-order valence-electron chi connectivity index (χ3n) is 4.45. The fourth-order valence-corrected chi connectivity index (χ4v) is 3.87. The molecule has 0 bridgehead atoms. The maximum atomic E-state index is 12.5. The molecule has 0 atom stereocenters. The van der Waals surface area contributed by atoms with E-state index in [1.807, 2.05) is 48.5 Å². The van der Waals surface area contributed by atoms with Crippen molar-refractivity contribution in [2.75, 3.05) is 7.11 Å². The van der Waals surface area contributed by atoms with E-state index in [0.29, 0.717) is 33.7 Å². The molecular formula is C22H22ClN3O3S. The molecule has 0 aliphatic heterocycles. The number of hydrogen-bond donors (Lipinski definition) is 2. The second kappa shape index (κ2) is 10.3. The Kier molecular flexibility index (Phi) is 7.54. The molecule has 6 nitrogen and oxygen atoms in total. The van der Waals surface area contributed by atoms with Gasteiger partial charge >= 0.3 is 0 Å². The van der Waals surface area contributed by atoms with Crippen LogP contribution < -0.4 is 15.6 Å². The normalized spacial score (nSPS) is 10.6. The second-order valence-corrected chi connectivity index (χ2v) is 8.06. The van der Waals surface area contributed by atoms with E-state index in [-0.39, 0.29) is 17.9 Å². The Labute approximate surface area is 184 Å². The number of ether oxygens (including phenoxy) is 1. The van der Waals surface area contributed by atoms with Gasteiger partial charge < -0.3 is 15.0 Å². The zero-order chi connectivity index (χ0) is 21.5. The third-order valence-corrected chi connectivity index (χ3v) is 5.63. The van der Waals surface area contributed by atoms with E-state index in [1.165, 1.54) is 11.8 Å². The van der Waals surface area contributed by atoms with Gasteiger partial charge in [0.05, 0.1) is 13.5 Å². The van der Waals surface area contributed by atoms with Gasteiger partial charge in [0.15, 0.2) is 5.16 Å². The minimum Gasteiger partial charge on any atom is -0.497 e. The zero-order valence-electron chi connectivity index (χ0n) is 16.7. The van der Waals surface area contributed by atoms with Gasteiger partial charge in [-0.05, 0) is 42.3 Å². The fraction of sp³-hybridized carbons (Fsp3) is 0.227. The number of nitrogens with zero attached hydrogens (tertiary/aromatic N) is 1. The summed E-state index contributed by atoms with van der Waals surface area (Å²) in [6.07, 6.45) is -0.0242. The molecule has 0 aliphatic rings. The molecule has 1 amide bonds. The van der Waals surface area contributed by atoms with Crippen LogP contribution in [0.25, 0.3) is 0 Å². The quantitative estimate of drug-likeness (QED) is 0.407. The van der Waals surface area contributed by atoms with Crippen molar-refractivity contribution in [3.05, 3.63) is 86.3 Å². The number of aromatic nitrogens is 2. The Hall–Kier alpha value is -2.77. The molecular weight excluding hydrogens is 422 g/mol. The summed E-state index contributed by atoms with van der Waals surface area (Å²) in [5, 5.41) is 4.01. The molecule has 30 heavy (non-hydrogen) atoms. The number of benzene rings is 2. The Morgan fingerprint density at radius 1 is 1.20 bits per heavy atom. The molecule has 0 fully saturated rings. The lowest BCUT2D eigenvalue weighted by Crippen LogP contribution is -2.28. The van der Waals surface area contributed by atoms with E-state index in [2.05, 4.69) is 15.3 Å². The molecule has 8 heteroatoms. The van der Waals surface area contributed by atoms with Gasteiger partial charge in [0.25, 0.3) is 5.56 Å². The number of rotatable bonds is 8. The number of aryl methyl sites for hydroxylation is 1. The molecule has 1 aromatic heterocycles. The molecule has 3 aromatic rings. The number of nitrogens with one attached hydrogen (secondary N) is 2. The van der Waals surface area contributed by atoms with Crippen LogP contribution in [0.15, 0.2) is 58.5 Å². The van der Waals surface area contributed by atoms with Crippen molar-refractivity contribution in [3.63, 3.8) is 0 Å². The van der Waals surface area contributed by atoms with Gasteiger partial charge in [0.2, 0.25) is 5.91 Å². The lowest BCUT2D eigenvalue weighted by Gasteiger charge is -2.09. The summed E-state index contributed by atoms with van der Waals surface area (Å²) in [6.45, 7) is 2.12. The lowest BCUT2D eigenvalue weighted by atomic mass is 10.1. The largest absolute Gasteiger partial charge is 0.497 e. The van der Waals surface area contributed by atoms with Crippen molar-refractivity contribution in [1.82, 2.24) is 15.3 Å². The van der Waals surface area contributed by atoms with Gasteiger partial charge in [-0.3, -0.25) is 9.59 Å². The van der Waals surface area contributed by atoms with Crippen molar-refractivity contribution >= 4 is 29.3 Å². The van der Waals surface area contributed by atoms with Crippen molar-refractivity contribution in [2.45, 2.75) is 30.8 Å². The highest BCUT2D eigenvalue weighted by Crippen LogP contribution is 2.21. The summed E-state index contributed by atoms with van der Waals surface area (Å²) < 4.78 is 5.12. The van der Waals surface area contributed by atoms with Gasteiger partial charge in [-0.25, -0.2) is 4.98 Å². The first-order chi connectivity index (χ1) is 14.4. The van der Waals surface area contributed by atoms with Gasteiger partial charge in [0.1, 0.15) is 5.75 Å². The summed E-state index contributed by atoms with van der Waals surface area (Å²) >= 11 is 7.41. The first kappa shape index (κ1) is 21.9. The average molecular weight is 444 g/mol. The van der Waals surface area contributed by atoms with Crippen molar-refractivity contribution in [1.29, 1.82) is 0 Å². The topological polar surface area (TPSA) is 84.1 Å². The van der Waals surface area contributed by atoms with E-state index >= 15 is 0 Å². The Morgan fingerprint density at radius 2 is 1.97 bits per heavy atom. The molecule has 0 spiro atoms. The number of amides is 1. The number of aromatic amines is 1. The highest BCUT2D eigenvalue weighted by molar-refractivity contribution is 7.98. The van der Waals surface area contributed by atoms with Crippen LogP contribution in [-0.4, -0.2) is 23.0 Å². The number of H-pyrrole nitrogens is 1. The van der Waals surface area contributed by atoms with Crippen LogP contribution in [0.4, 0.5) is 0 Å². The number of hydrogen-bond acceptors (Lipinski definition) is 5. The first-order valence-electron chi connectivity index (χ1n) is 9.31.